The Bertz CT molecular complexity index is 267. The van der Waals surface area contributed by atoms with E-state index in [1.807, 2.05) is 18.7 Å². The molecule has 1 rings (SSSR count). The monoisotopic (exact) mass is 260 g/mol. The maximum atomic E-state index is 11.7. The van der Waals surface area contributed by atoms with Crippen LogP contribution in [0.25, 0.3) is 0 Å². The third-order valence-corrected chi connectivity index (χ3v) is 3.77. The first-order valence-corrected chi connectivity index (χ1v) is 7.12. The number of aliphatic carboxylic acids is 1. The van der Waals surface area contributed by atoms with Crippen LogP contribution in [0.1, 0.15) is 26.2 Å². The lowest BCUT2D eigenvalue weighted by Crippen LogP contribution is -2.45. The molecule has 0 saturated carbocycles. The van der Waals surface area contributed by atoms with E-state index < -0.39 is 12.0 Å². The summed E-state index contributed by atoms with van der Waals surface area (Å²) in [6, 6.07) is -0.575. The summed E-state index contributed by atoms with van der Waals surface area (Å²) in [4.78, 5) is 22.6. The molecule has 1 amide bonds. The molecular formula is C11H20N2O3S. The zero-order chi connectivity index (χ0) is 12.7. The highest BCUT2D eigenvalue weighted by molar-refractivity contribution is 7.99. The number of nitrogens with one attached hydrogen (secondary N) is 2. The lowest BCUT2D eigenvalue weighted by atomic mass is 10.1. The van der Waals surface area contributed by atoms with Crippen molar-refractivity contribution in [1.82, 2.24) is 10.6 Å². The first-order valence-electron chi connectivity index (χ1n) is 5.96. The topological polar surface area (TPSA) is 78.4 Å². The minimum absolute atomic E-state index is 0.171. The number of thioether (sulfide) groups is 1. The molecule has 2 atom stereocenters. The lowest BCUT2D eigenvalue weighted by Gasteiger charge is -2.23. The number of hydrogen-bond donors (Lipinski definition) is 3. The summed E-state index contributed by atoms with van der Waals surface area (Å²) in [7, 11) is 0. The smallest absolute Gasteiger partial charge is 0.326 e. The molecule has 1 fully saturated rings. The van der Waals surface area contributed by atoms with E-state index in [-0.39, 0.29) is 11.9 Å². The quantitative estimate of drug-likeness (QED) is 0.646. The predicted octanol–water partition coefficient (Wildman–Crippen LogP) is 0.451. The third kappa shape index (κ3) is 5.41. The Morgan fingerprint density at radius 3 is 2.88 bits per heavy atom. The fourth-order valence-corrected chi connectivity index (χ4v) is 2.72. The van der Waals surface area contributed by atoms with Crippen molar-refractivity contribution in [2.45, 2.75) is 38.3 Å². The van der Waals surface area contributed by atoms with Crippen LogP contribution in [0, 0.1) is 0 Å². The second kappa shape index (κ2) is 7.55. The van der Waals surface area contributed by atoms with E-state index in [1.54, 1.807) is 0 Å². The third-order valence-electron chi connectivity index (χ3n) is 2.64. The maximum Gasteiger partial charge on any atom is 0.326 e. The Kier molecular flexibility index (Phi) is 6.36. The highest BCUT2D eigenvalue weighted by Crippen LogP contribution is 2.10. The van der Waals surface area contributed by atoms with Gasteiger partial charge in [-0.05, 0) is 6.42 Å². The van der Waals surface area contributed by atoms with Gasteiger partial charge in [-0.15, -0.1) is 0 Å². The number of hydrogen-bond acceptors (Lipinski definition) is 4. The van der Waals surface area contributed by atoms with Crippen molar-refractivity contribution in [2.24, 2.45) is 0 Å². The van der Waals surface area contributed by atoms with Crippen LogP contribution in [-0.4, -0.2) is 47.1 Å². The van der Waals surface area contributed by atoms with Crippen LogP contribution in [0.3, 0.4) is 0 Å². The van der Waals surface area contributed by atoms with Gasteiger partial charge in [0.15, 0.2) is 0 Å². The molecule has 0 aromatic heterocycles. The van der Waals surface area contributed by atoms with Crippen LogP contribution < -0.4 is 10.6 Å². The minimum Gasteiger partial charge on any atom is -0.480 e. The van der Waals surface area contributed by atoms with Crippen LogP contribution in [0.5, 0.6) is 0 Å². The van der Waals surface area contributed by atoms with E-state index in [1.165, 1.54) is 0 Å². The number of carbonyl (C=O) groups is 2. The van der Waals surface area contributed by atoms with Crippen LogP contribution in [-0.2, 0) is 9.59 Å². The zero-order valence-corrected chi connectivity index (χ0v) is 10.9. The number of rotatable bonds is 6. The average Bonchev–Trinajstić information content (AvgIpc) is 2.29. The van der Waals surface area contributed by atoms with Crippen LogP contribution in [0.2, 0.25) is 0 Å². The Morgan fingerprint density at radius 2 is 2.35 bits per heavy atom. The van der Waals surface area contributed by atoms with Gasteiger partial charge in [0.05, 0.1) is 0 Å². The normalized spacial score (nSPS) is 21.8. The highest BCUT2D eigenvalue weighted by Gasteiger charge is 2.22. The van der Waals surface area contributed by atoms with Gasteiger partial charge in [0, 0.05) is 30.5 Å². The van der Waals surface area contributed by atoms with Gasteiger partial charge in [-0.3, -0.25) is 4.79 Å². The maximum absolute atomic E-state index is 11.7. The Morgan fingerprint density at radius 1 is 1.59 bits per heavy atom. The van der Waals surface area contributed by atoms with Crippen molar-refractivity contribution in [3.05, 3.63) is 0 Å². The molecule has 0 aliphatic carbocycles. The van der Waals surface area contributed by atoms with Crippen molar-refractivity contribution in [2.75, 3.05) is 18.1 Å². The second-order valence-electron chi connectivity index (χ2n) is 4.18. The molecule has 1 saturated heterocycles. The molecule has 0 radical (unpaired) electrons. The van der Waals surface area contributed by atoms with Gasteiger partial charge < -0.3 is 15.7 Å². The molecule has 17 heavy (non-hydrogen) atoms. The van der Waals surface area contributed by atoms with Crippen molar-refractivity contribution in [1.29, 1.82) is 0 Å². The molecule has 5 nitrogen and oxygen atoms in total. The second-order valence-corrected chi connectivity index (χ2v) is 5.33. The van der Waals surface area contributed by atoms with Gasteiger partial charge in [-0.25, -0.2) is 4.79 Å². The number of carboxylic acid groups (broad SMARTS) is 1. The van der Waals surface area contributed by atoms with E-state index in [2.05, 4.69) is 10.6 Å². The number of carboxylic acids is 1. The summed E-state index contributed by atoms with van der Waals surface area (Å²) in [6.45, 7) is 2.82. The van der Waals surface area contributed by atoms with E-state index >= 15 is 0 Å². The van der Waals surface area contributed by atoms with Gasteiger partial charge in [0.2, 0.25) is 5.91 Å². The van der Waals surface area contributed by atoms with E-state index in [9.17, 15) is 9.59 Å². The molecule has 6 heteroatoms. The van der Waals surface area contributed by atoms with Crippen LogP contribution >= 0.6 is 11.8 Å². The summed E-state index contributed by atoms with van der Waals surface area (Å²) >= 11 is 1.82. The molecule has 98 valence electrons. The zero-order valence-electron chi connectivity index (χ0n) is 10.1. The Labute approximate surface area is 106 Å². The molecule has 0 bridgehead atoms. The minimum atomic E-state index is -0.953. The molecule has 0 spiro atoms. The van der Waals surface area contributed by atoms with Gasteiger partial charge in [-0.1, -0.05) is 13.3 Å². The van der Waals surface area contributed by atoms with Crippen LogP contribution in [0.15, 0.2) is 0 Å². The van der Waals surface area contributed by atoms with Crippen molar-refractivity contribution >= 4 is 23.6 Å². The molecule has 3 N–H and O–H groups in total. The average molecular weight is 260 g/mol. The summed E-state index contributed by atoms with van der Waals surface area (Å²) in [5.41, 5.74) is 0. The van der Waals surface area contributed by atoms with Crippen LogP contribution in [0.4, 0.5) is 0 Å². The molecule has 1 aliphatic heterocycles. The summed E-state index contributed by atoms with van der Waals surface area (Å²) in [5, 5.41) is 14.8. The predicted molar refractivity (Wildman–Crippen MR) is 68.2 cm³/mol. The molecule has 0 aromatic carbocycles. The first kappa shape index (κ1) is 14.3. The van der Waals surface area contributed by atoms with Crippen molar-refractivity contribution in [3.63, 3.8) is 0 Å². The van der Waals surface area contributed by atoms with Gasteiger partial charge >= 0.3 is 5.97 Å². The highest BCUT2D eigenvalue weighted by atomic mass is 32.2. The van der Waals surface area contributed by atoms with Crippen molar-refractivity contribution < 1.29 is 14.7 Å². The van der Waals surface area contributed by atoms with E-state index in [0.717, 1.165) is 24.5 Å². The largest absolute Gasteiger partial charge is 0.480 e. The van der Waals surface area contributed by atoms with Gasteiger partial charge in [-0.2, -0.15) is 11.8 Å². The lowest BCUT2D eigenvalue weighted by molar-refractivity contribution is -0.142. The fourth-order valence-electron chi connectivity index (χ4n) is 1.77. The van der Waals surface area contributed by atoms with Gasteiger partial charge in [0.1, 0.15) is 6.04 Å². The Hall–Kier alpha value is -0.750. The number of amides is 1. The van der Waals surface area contributed by atoms with E-state index in [0.29, 0.717) is 12.8 Å². The summed E-state index contributed by atoms with van der Waals surface area (Å²) < 4.78 is 0. The molecule has 1 aliphatic rings. The standard InChI is InChI=1S/C11H20N2O3S/c1-2-3-9(11(15)16)13-10(14)6-8-7-17-5-4-12-8/h8-9,12H,2-7H2,1H3,(H,13,14)(H,15,16)/t8?,9-/m1/s1. The molecule has 1 heterocycles. The van der Waals surface area contributed by atoms with Gasteiger partial charge in [0.25, 0.3) is 0 Å². The SMILES string of the molecule is CCC[C@@H](NC(=O)CC1CSCCN1)C(=O)O. The summed E-state index contributed by atoms with van der Waals surface area (Å²) in [5.74, 6) is 0.863. The molecule has 0 aromatic rings. The van der Waals surface area contributed by atoms with E-state index in [4.69, 9.17) is 5.11 Å². The Balaban J connectivity index is 2.33. The summed E-state index contributed by atoms with van der Waals surface area (Å²) in [6.07, 6.45) is 1.59. The van der Waals surface area contributed by atoms with Crippen molar-refractivity contribution in [3.8, 4) is 0 Å². The molecular weight excluding hydrogens is 240 g/mol. The first-order chi connectivity index (χ1) is 8.13. The fraction of sp³-hybridized carbons (Fsp3) is 0.818. The molecule has 1 unspecified atom stereocenters. The number of carbonyl (C=O) groups excluding carboxylic acids is 1.